The van der Waals surface area contributed by atoms with Gasteiger partial charge in [0, 0.05) is 11.6 Å². The van der Waals surface area contributed by atoms with Crippen LogP contribution >= 0.6 is 0 Å². The van der Waals surface area contributed by atoms with Crippen molar-refractivity contribution in [3.8, 4) is 0 Å². The predicted molar refractivity (Wildman–Crippen MR) is 51.6 cm³/mol. The maximum Gasteiger partial charge on any atom is 0.275 e. The third-order valence-corrected chi connectivity index (χ3v) is 2.19. The molecule has 0 saturated carbocycles. The van der Waals surface area contributed by atoms with Crippen molar-refractivity contribution in [2.45, 2.75) is 12.6 Å². The Morgan fingerprint density at radius 2 is 1.73 bits per heavy atom. The molecule has 78 valence electrons. The van der Waals surface area contributed by atoms with E-state index in [9.17, 15) is 13.2 Å². The summed E-state index contributed by atoms with van der Waals surface area (Å²) in [5, 5.41) is 1.15. The van der Waals surface area contributed by atoms with Gasteiger partial charge in [0.2, 0.25) is 6.17 Å². The van der Waals surface area contributed by atoms with Crippen LogP contribution in [0.15, 0.2) is 36.5 Å². The molecule has 1 aromatic carbocycles. The SMILES string of the molecule is FC(F)C(F)c1nccc2ccccc12. The summed E-state index contributed by atoms with van der Waals surface area (Å²) in [6.07, 6.45) is -4.02. The van der Waals surface area contributed by atoms with Crippen LogP contribution in [-0.4, -0.2) is 11.4 Å². The second-order valence-corrected chi connectivity index (χ2v) is 3.15. The fraction of sp³-hybridized carbons (Fsp3) is 0.182. The smallest absolute Gasteiger partial charge is 0.257 e. The minimum atomic E-state index is -3.04. The van der Waals surface area contributed by atoms with Crippen LogP contribution in [0.1, 0.15) is 11.9 Å². The lowest BCUT2D eigenvalue weighted by Crippen LogP contribution is -2.05. The second-order valence-electron chi connectivity index (χ2n) is 3.15. The lowest BCUT2D eigenvalue weighted by atomic mass is 10.1. The highest BCUT2D eigenvalue weighted by atomic mass is 19.3. The Bertz CT molecular complexity index is 465. The first-order chi connectivity index (χ1) is 7.20. The molecule has 1 heterocycles. The molecule has 1 unspecified atom stereocenters. The van der Waals surface area contributed by atoms with Crippen LogP contribution in [-0.2, 0) is 0 Å². The second kappa shape index (κ2) is 3.88. The molecule has 0 aliphatic heterocycles. The Hall–Kier alpha value is -1.58. The molecule has 0 aliphatic rings. The zero-order valence-corrected chi connectivity index (χ0v) is 7.70. The number of pyridine rings is 1. The van der Waals surface area contributed by atoms with E-state index in [1.165, 1.54) is 6.20 Å². The lowest BCUT2D eigenvalue weighted by Gasteiger charge is -2.09. The van der Waals surface area contributed by atoms with E-state index >= 15 is 0 Å². The average molecular weight is 211 g/mol. The summed E-state index contributed by atoms with van der Waals surface area (Å²) in [6, 6.07) is 8.43. The highest BCUT2D eigenvalue weighted by Gasteiger charge is 2.24. The maximum absolute atomic E-state index is 13.2. The van der Waals surface area contributed by atoms with Crippen molar-refractivity contribution in [1.82, 2.24) is 4.98 Å². The van der Waals surface area contributed by atoms with Gasteiger partial charge in [-0.05, 0) is 11.5 Å². The molecule has 0 aliphatic carbocycles. The minimum Gasteiger partial charge on any atom is -0.257 e. The van der Waals surface area contributed by atoms with Crippen molar-refractivity contribution in [3.63, 3.8) is 0 Å². The fourth-order valence-corrected chi connectivity index (χ4v) is 1.48. The van der Waals surface area contributed by atoms with E-state index in [4.69, 9.17) is 0 Å². The molecule has 1 atom stereocenters. The summed E-state index contributed by atoms with van der Waals surface area (Å²) in [7, 11) is 0. The molecule has 15 heavy (non-hydrogen) atoms. The van der Waals surface area contributed by atoms with Gasteiger partial charge < -0.3 is 0 Å². The van der Waals surface area contributed by atoms with Gasteiger partial charge in [0.25, 0.3) is 6.43 Å². The molecule has 0 radical (unpaired) electrons. The van der Waals surface area contributed by atoms with Gasteiger partial charge in [0.15, 0.2) is 0 Å². The quantitative estimate of drug-likeness (QED) is 0.740. The number of aromatic nitrogens is 1. The Morgan fingerprint density at radius 3 is 2.47 bits per heavy atom. The van der Waals surface area contributed by atoms with E-state index in [0.29, 0.717) is 10.8 Å². The van der Waals surface area contributed by atoms with Crippen LogP contribution in [0.4, 0.5) is 13.2 Å². The summed E-state index contributed by atoms with van der Waals surface area (Å²) in [5.41, 5.74) is -0.192. The van der Waals surface area contributed by atoms with Crippen molar-refractivity contribution < 1.29 is 13.2 Å². The molecule has 0 saturated heterocycles. The highest BCUT2D eigenvalue weighted by Crippen LogP contribution is 2.28. The maximum atomic E-state index is 13.2. The number of fused-ring (bicyclic) bond motifs is 1. The summed E-state index contributed by atoms with van der Waals surface area (Å²) in [6.45, 7) is 0. The van der Waals surface area contributed by atoms with Crippen LogP contribution in [0.5, 0.6) is 0 Å². The number of halogens is 3. The molecule has 0 fully saturated rings. The molecule has 1 nitrogen and oxygen atoms in total. The third-order valence-electron chi connectivity index (χ3n) is 2.19. The molecule has 0 N–H and O–H groups in total. The zero-order valence-electron chi connectivity index (χ0n) is 7.70. The first kappa shape index (κ1) is 9.96. The number of benzene rings is 1. The number of alkyl halides is 3. The van der Waals surface area contributed by atoms with Crippen LogP contribution < -0.4 is 0 Å². The number of hydrogen-bond acceptors (Lipinski definition) is 1. The molecule has 0 spiro atoms. The van der Waals surface area contributed by atoms with Crippen LogP contribution in [0.2, 0.25) is 0 Å². The van der Waals surface area contributed by atoms with Crippen molar-refractivity contribution in [2.24, 2.45) is 0 Å². The number of rotatable bonds is 2. The zero-order chi connectivity index (χ0) is 10.8. The lowest BCUT2D eigenvalue weighted by molar-refractivity contribution is 0.0481. The molecule has 4 heteroatoms. The molecular formula is C11H8F3N. The fourth-order valence-electron chi connectivity index (χ4n) is 1.48. The van der Waals surface area contributed by atoms with Gasteiger partial charge in [0.05, 0.1) is 5.69 Å². The molecule has 0 bridgehead atoms. The van der Waals surface area contributed by atoms with E-state index < -0.39 is 12.6 Å². The average Bonchev–Trinajstić information content (AvgIpc) is 2.27. The molecule has 2 aromatic rings. The Kier molecular flexibility index (Phi) is 2.58. The highest BCUT2D eigenvalue weighted by molar-refractivity contribution is 5.84. The van der Waals surface area contributed by atoms with Crippen molar-refractivity contribution in [3.05, 3.63) is 42.2 Å². The van der Waals surface area contributed by atoms with Crippen LogP contribution in [0.3, 0.4) is 0 Å². The largest absolute Gasteiger partial charge is 0.275 e. The van der Waals surface area contributed by atoms with Gasteiger partial charge in [-0.3, -0.25) is 4.98 Å². The first-order valence-electron chi connectivity index (χ1n) is 4.46. The van der Waals surface area contributed by atoms with Gasteiger partial charge in [0.1, 0.15) is 0 Å². The van der Waals surface area contributed by atoms with Gasteiger partial charge in [-0.1, -0.05) is 24.3 Å². The molecule has 0 amide bonds. The Balaban J connectivity index is 2.60. The normalized spacial score (nSPS) is 13.3. The predicted octanol–water partition coefficient (Wildman–Crippen LogP) is 3.51. The monoisotopic (exact) mass is 211 g/mol. The Labute approximate surface area is 84.6 Å². The van der Waals surface area contributed by atoms with Crippen molar-refractivity contribution in [2.75, 3.05) is 0 Å². The Morgan fingerprint density at radius 1 is 1.00 bits per heavy atom. The number of hydrogen-bond donors (Lipinski definition) is 0. The number of nitrogens with zero attached hydrogens (tertiary/aromatic N) is 1. The first-order valence-corrected chi connectivity index (χ1v) is 4.46. The van der Waals surface area contributed by atoms with E-state index in [0.717, 1.165) is 0 Å². The summed E-state index contributed by atoms with van der Waals surface area (Å²) in [4.78, 5) is 3.67. The van der Waals surface area contributed by atoms with E-state index in [-0.39, 0.29) is 5.69 Å². The van der Waals surface area contributed by atoms with E-state index in [1.54, 1.807) is 30.3 Å². The van der Waals surface area contributed by atoms with Gasteiger partial charge in [-0.25, -0.2) is 13.2 Å². The van der Waals surface area contributed by atoms with Crippen LogP contribution in [0, 0.1) is 0 Å². The summed E-state index contributed by atoms with van der Waals surface area (Å²) >= 11 is 0. The van der Waals surface area contributed by atoms with E-state index in [1.807, 2.05) is 0 Å². The van der Waals surface area contributed by atoms with Gasteiger partial charge in [-0.15, -0.1) is 0 Å². The summed E-state index contributed by atoms with van der Waals surface area (Å²) < 4.78 is 37.6. The van der Waals surface area contributed by atoms with Gasteiger partial charge >= 0.3 is 0 Å². The van der Waals surface area contributed by atoms with Crippen molar-refractivity contribution in [1.29, 1.82) is 0 Å². The third kappa shape index (κ3) is 1.79. The molecular weight excluding hydrogens is 203 g/mol. The molecule has 2 rings (SSSR count). The molecule has 1 aromatic heterocycles. The van der Waals surface area contributed by atoms with E-state index in [2.05, 4.69) is 4.98 Å². The standard InChI is InChI=1S/C11H8F3N/c12-9(11(13)14)10-8-4-2-1-3-7(8)5-6-15-10/h1-6,9,11H. The minimum absolute atomic E-state index is 0.192. The topological polar surface area (TPSA) is 12.9 Å². The summed E-state index contributed by atoms with van der Waals surface area (Å²) in [5.74, 6) is 0. The van der Waals surface area contributed by atoms with Crippen molar-refractivity contribution >= 4 is 10.8 Å². The van der Waals surface area contributed by atoms with Crippen LogP contribution in [0.25, 0.3) is 10.8 Å². The van der Waals surface area contributed by atoms with Gasteiger partial charge in [-0.2, -0.15) is 0 Å².